The van der Waals surface area contributed by atoms with Gasteiger partial charge in [-0.25, -0.2) is 0 Å². The molecule has 4 aromatic rings. The van der Waals surface area contributed by atoms with E-state index in [1.807, 2.05) is 61.5 Å². The molecule has 0 saturated heterocycles. The predicted molar refractivity (Wildman–Crippen MR) is 103 cm³/mol. The molecule has 27 heavy (non-hydrogen) atoms. The Labute approximate surface area is 159 Å². The minimum Gasteiger partial charge on any atom is -0.484 e. The number of carbonyl (C=O) groups excluding carboxylic acids is 1. The molecule has 2 aromatic carbocycles. The van der Waals surface area contributed by atoms with Crippen molar-refractivity contribution in [3.63, 3.8) is 0 Å². The van der Waals surface area contributed by atoms with Crippen molar-refractivity contribution < 1.29 is 9.53 Å². The monoisotopic (exact) mass is 379 g/mol. The van der Waals surface area contributed by atoms with Gasteiger partial charge in [0.05, 0.1) is 0 Å². The molecule has 7 nitrogen and oxygen atoms in total. The average Bonchev–Trinajstić information content (AvgIpc) is 3.28. The molecule has 0 fully saturated rings. The molecule has 2 heterocycles. The molecule has 0 aliphatic carbocycles. The Kier molecular flexibility index (Phi) is 4.80. The Morgan fingerprint density at radius 1 is 1.11 bits per heavy atom. The minimum atomic E-state index is -0.160. The highest BCUT2D eigenvalue weighted by atomic mass is 32.1. The van der Waals surface area contributed by atoms with E-state index in [0.717, 1.165) is 26.9 Å². The third kappa shape index (κ3) is 3.95. The molecule has 0 bridgehead atoms. The topological polar surface area (TPSA) is 81.4 Å². The number of amides is 1. The van der Waals surface area contributed by atoms with Crippen LogP contribution in [0.15, 0.2) is 54.6 Å². The largest absolute Gasteiger partial charge is 0.484 e. The van der Waals surface area contributed by atoms with Gasteiger partial charge in [0, 0.05) is 12.1 Å². The van der Waals surface area contributed by atoms with Crippen molar-refractivity contribution in [2.45, 2.75) is 13.5 Å². The second-order valence-electron chi connectivity index (χ2n) is 5.92. The van der Waals surface area contributed by atoms with E-state index < -0.39 is 0 Å². The van der Waals surface area contributed by atoms with Gasteiger partial charge in [-0.2, -0.15) is 9.61 Å². The first kappa shape index (κ1) is 17.2. The summed E-state index contributed by atoms with van der Waals surface area (Å²) >= 11 is 1.49. The highest BCUT2D eigenvalue weighted by Gasteiger charge is 2.10. The van der Waals surface area contributed by atoms with Crippen molar-refractivity contribution in [3.8, 4) is 16.3 Å². The molecule has 0 aliphatic rings. The predicted octanol–water partition coefficient (Wildman–Crippen LogP) is 2.86. The van der Waals surface area contributed by atoms with Crippen LogP contribution in [0.3, 0.4) is 0 Å². The lowest BCUT2D eigenvalue weighted by Gasteiger charge is -2.08. The molecule has 2 aromatic heterocycles. The van der Waals surface area contributed by atoms with Crippen LogP contribution in [0.4, 0.5) is 0 Å². The second kappa shape index (κ2) is 7.55. The lowest BCUT2D eigenvalue weighted by Crippen LogP contribution is -2.28. The molecule has 0 atom stereocenters. The number of aromatic nitrogens is 4. The Balaban J connectivity index is 1.33. The van der Waals surface area contributed by atoms with Crippen LogP contribution in [0.2, 0.25) is 0 Å². The third-order valence-electron chi connectivity index (χ3n) is 3.95. The lowest BCUT2D eigenvalue weighted by atomic mass is 10.1. The number of para-hydroxylation sites is 1. The third-order valence-corrected chi connectivity index (χ3v) is 4.90. The van der Waals surface area contributed by atoms with Crippen LogP contribution < -0.4 is 10.1 Å². The van der Waals surface area contributed by atoms with Gasteiger partial charge in [-0.15, -0.1) is 10.2 Å². The zero-order valence-electron chi connectivity index (χ0n) is 14.6. The number of carbonyl (C=O) groups is 1. The summed E-state index contributed by atoms with van der Waals surface area (Å²) in [5, 5.41) is 16.3. The fraction of sp³-hybridized carbons (Fsp3) is 0.158. The molecule has 0 aliphatic heterocycles. The summed E-state index contributed by atoms with van der Waals surface area (Å²) in [5.74, 6) is 1.29. The fourth-order valence-corrected chi connectivity index (χ4v) is 3.40. The van der Waals surface area contributed by atoms with Gasteiger partial charge < -0.3 is 10.1 Å². The van der Waals surface area contributed by atoms with E-state index >= 15 is 0 Å². The summed E-state index contributed by atoms with van der Waals surface area (Å²) in [6.07, 6.45) is 0. The van der Waals surface area contributed by atoms with Crippen LogP contribution in [0.25, 0.3) is 15.5 Å². The van der Waals surface area contributed by atoms with Gasteiger partial charge in [0.15, 0.2) is 12.4 Å². The second-order valence-corrected chi connectivity index (χ2v) is 6.88. The van der Waals surface area contributed by atoms with E-state index in [4.69, 9.17) is 4.74 Å². The summed E-state index contributed by atoms with van der Waals surface area (Å²) in [7, 11) is 0. The molecule has 4 rings (SSSR count). The van der Waals surface area contributed by atoms with E-state index in [1.165, 1.54) is 11.3 Å². The van der Waals surface area contributed by atoms with Crippen molar-refractivity contribution >= 4 is 22.2 Å². The Hall–Kier alpha value is -3.26. The number of hydrogen-bond donors (Lipinski definition) is 1. The van der Waals surface area contributed by atoms with E-state index in [1.54, 1.807) is 4.52 Å². The summed E-state index contributed by atoms with van der Waals surface area (Å²) in [6.45, 7) is 2.31. The number of ether oxygens (including phenoxy) is 1. The number of hydrogen-bond acceptors (Lipinski definition) is 6. The Bertz CT molecular complexity index is 1060. The maximum atomic E-state index is 11.9. The molecule has 0 radical (unpaired) electrons. The van der Waals surface area contributed by atoms with Gasteiger partial charge in [0.25, 0.3) is 5.91 Å². The number of rotatable bonds is 6. The fourth-order valence-electron chi connectivity index (χ4n) is 2.51. The van der Waals surface area contributed by atoms with E-state index in [2.05, 4.69) is 20.6 Å². The zero-order chi connectivity index (χ0) is 18.6. The van der Waals surface area contributed by atoms with Crippen molar-refractivity contribution in [1.82, 2.24) is 25.1 Å². The summed E-state index contributed by atoms with van der Waals surface area (Å²) in [4.78, 5) is 12.7. The quantitative estimate of drug-likeness (QED) is 0.557. The summed E-state index contributed by atoms with van der Waals surface area (Å²) in [5.41, 5.74) is 2.01. The van der Waals surface area contributed by atoms with E-state index in [-0.39, 0.29) is 12.5 Å². The zero-order valence-corrected chi connectivity index (χ0v) is 15.4. The van der Waals surface area contributed by atoms with E-state index in [0.29, 0.717) is 12.3 Å². The maximum absolute atomic E-state index is 11.9. The van der Waals surface area contributed by atoms with Crippen molar-refractivity contribution in [2.75, 3.05) is 6.61 Å². The summed E-state index contributed by atoms with van der Waals surface area (Å²) in [6, 6.07) is 17.2. The molecule has 0 spiro atoms. The SMILES string of the molecule is Cc1nnc2sc(-c3ccc(CNC(=O)COc4ccccc4)cc3)nn12. The number of nitrogens with one attached hydrogen (secondary N) is 1. The smallest absolute Gasteiger partial charge is 0.258 e. The number of nitrogens with zero attached hydrogens (tertiary/aromatic N) is 4. The summed E-state index contributed by atoms with van der Waals surface area (Å²) < 4.78 is 7.17. The number of fused-ring (bicyclic) bond motifs is 1. The first-order chi connectivity index (χ1) is 13.2. The van der Waals surface area contributed by atoms with Crippen molar-refractivity contribution in [3.05, 3.63) is 66.0 Å². The van der Waals surface area contributed by atoms with Crippen LogP contribution >= 0.6 is 11.3 Å². The van der Waals surface area contributed by atoms with Crippen LogP contribution in [0, 0.1) is 6.92 Å². The standard InChI is InChI=1S/C19H17N5O2S/c1-13-21-22-19-24(13)23-18(27-19)15-9-7-14(8-10-15)11-20-17(25)12-26-16-5-3-2-4-6-16/h2-10H,11-12H2,1H3,(H,20,25). The van der Waals surface area contributed by atoms with Gasteiger partial charge in [0.1, 0.15) is 10.8 Å². The van der Waals surface area contributed by atoms with Crippen molar-refractivity contribution in [1.29, 1.82) is 0 Å². The van der Waals surface area contributed by atoms with Crippen LogP contribution in [0.1, 0.15) is 11.4 Å². The van der Waals surface area contributed by atoms with Gasteiger partial charge in [-0.1, -0.05) is 53.8 Å². The molecular weight excluding hydrogens is 362 g/mol. The molecular formula is C19H17N5O2S. The Morgan fingerprint density at radius 3 is 2.63 bits per heavy atom. The first-order valence-corrected chi connectivity index (χ1v) is 9.23. The number of aryl methyl sites for hydroxylation is 1. The average molecular weight is 379 g/mol. The van der Waals surface area contributed by atoms with Crippen LogP contribution in [-0.2, 0) is 11.3 Å². The highest BCUT2D eigenvalue weighted by molar-refractivity contribution is 7.19. The lowest BCUT2D eigenvalue weighted by molar-refractivity contribution is -0.123. The minimum absolute atomic E-state index is 0.00556. The maximum Gasteiger partial charge on any atom is 0.258 e. The normalized spacial score (nSPS) is 10.9. The van der Waals surface area contributed by atoms with Crippen molar-refractivity contribution in [2.24, 2.45) is 0 Å². The molecule has 0 unspecified atom stereocenters. The van der Waals surface area contributed by atoms with Crippen LogP contribution in [0.5, 0.6) is 5.75 Å². The first-order valence-electron chi connectivity index (χ1n) is 8.42. The van der Waals surface area contributed by atoms with E-state index in [9.17, 15) is 4.79 Å². The van der Waals surface area contributed by atoms with Gasteiger partial charge >= 0.3 is 0 Å². The molecule has 0 saturated carbocycles. The van der Waals surface area contributed by atoms with Crippen LogP contribution in [-0.4, -0.2) is 32.3 Å². The van der Waals surface area contributed by atoms with Gasteiger partial charge in [-0.3, -0.25) is 4.79 Å². The molecule has 8 heteroatoms. The Morgan fingerprint density at radius 2 is 1.89 bits per heavy atom. The molecule has 1 N–H and O–H groups in total. The number of benzene rings is 2. The highest BCUT2D eigenvalue weighted by Crippen LogP contribution is 2.25. The molecule has 1 amide bonds. The molecule has 136 valence electrons. The van der Waals surface area contributed by atoms with Gasteiger partial charge in [-0.05, 0) is 24.6 Å². The van der Waals surface area contributed by atoms with Gasteiger partial charge in [0.2, 0.25) is 4.96 Å².